The van der Waals surface area contributed by atoms with Crippen LogP contribution < -0.4 is 5.32 Å². The van der Waals surface area contributed by atoms with Crippen LogP contribution in [0.4, 0.5) is 0 Å². The molecule has 0 saturated heterocycles. The third-order valence-electron chi connectivity index (χ3n) is 3.09. The van der Waals surface area contributed by atoms with Gasteiger partial charge in [-0.05, 0) is 19.1 Å². The van der Waals surface area contributed by atoms with Crippen molar-refractivity contribution in [2.45, 2.75) is 24.6 Å². The fourth-order valence-electron chi connectivity index (χ4n) is 1.80. The Morgan fingerprint density at radius 2 is 2.14 bits per heavy atom. The average Bonchev–Trinajstić information content (AvgIpc) is 3.04. The second-order valence-corrected chi connectivity index (χ2v) is 6.99. The predicted molar refractivity (Wildman–Crippen MR) is 75.8 cm³/mol. The van der Waals surface area contributed by atoms with E-state index in [1.165, 1.54) is 20.2 Å². The van der Waals surface area contributed by atoms with E-state index in [0.717, 1.165) is 10.1 Å². The van der Waals surface area contributed by atoms with Gasteiger partial charge in [0.05, 0.1) is 12.6 Å². The molecule has 2 rings (SSSR count). The summed E-state index contributed by atoms with van der Waals surface area (Å²) in [7, 11) is 1.26. The van der Waals surface area contributed by atoms with E-state index in [-0.39, 0.29) is 11.1 Å². The molecular weight excluding hydrogens is 294 g/mol. The van der Waals surface area contributed by atoms with Gasteiger partial charge in [0.2, 0.25) is 5.09 Å². The molecule has 0 bridgehead atoms. The van der Waals surface area contributed by atoms with E-state index in [0.29, 0.717) is 12.3 Å². The number of rotatable bonds is 6. The van der Waals surface area contributed by atoms with Gasteiger partial charge in [0.15, 0.2) is 0 Å². The highest BCUT2D eigenvalue weighted by atomic mass is 32.2. The van der Waals surface area contributed by atoms with Gasteiger partial charge in [-0.15, -0.1) is 10.2 Å². The molecule has 9 heteroatoms. The van der Waals surface area contributed by atoms with Crippen LogP contribution in [0.3, 0.4) is 0 Å². The van der Waals surface area contributed by atoms with Gasteiger partial charge in [0.25, 0.3) is 10.0 Å². The van der Waals surface area contributed by atoms with Crippen LogP contribution >= 0.6 is 0 Å². The summed E-state index contributed by atoms with van der Waals surface area (Å²) in [6, 6.07) is 3.07. The molecule has 0 amide bonds. The molecule has 0 spiro atoms. The lowest BCUT2D eigenvalue weighted by molar-refractivity contribution is 0.379. The Bertz CT molecular complexity index is 704. The molecule has 0 radical (unpaired) electrons. The van der Waals surface area contributed by atoms with Crippen molar-refractivity contribution in [1.82, 2.24) is 24.4 Å². The summed E-state index contributed by atoms with van der Waals surface area (Å²) in [5, 5.41) is 11.0. The Kier molecular flexibility index (Phi) is 4.45. The van der Waals surface area contributed by atoms with Crippen LogP contribution in [0.25, 0.3) is 0 Å². The van der Waals surface area contributed by atoms with Gasteiger partial charge >= 0.3 is 0 Å². The number of furan rings is 1. The van der Waals surface area contributed by atoms with Crippen LogP contribution in [0.5, 0.6) is 0 Å². The summed E-state index contributed by atoms with van der Waals surface area (Å²) >= 11 is 0. The monoisotopic (exact) mass is 313 g/mol. The normalized spacial score (nSPS) is 13.8. The Morgan fingerprint density at radius 1 is 1.43 bits per heavy atom. The van der Waals surface area contributed by atoms with Crippen LogP contribution in [-0.4, -0.2) is 41.6 Å². The number of hydrogen-bond acceptors (Lipinski definition) is 6. The molecule has 2 aromatic heterocycles. The van der Waals surface area contributed by atoms with E-state index in [2.05, 4.69) is 15.5 Å². The third kappa shape index (κ3) is 3.31. The molecule has 0 aromatic carbocycles. The molecule has 2 heterocycles. The van der Waals surface area contributed by atoms with E-state index >= 15 is 0 Å². The largest absolute Gasteiger partial charge is 0.447 e. The summed E-state index contributed by atoms with van der Waals surface area (Å²) < 4.78 is 32.1. The Labute approximate surface area is 123 Å². The summed E-state index contributed by atoms with van der Waals surface area (Å²) in [5.74, 6) is 1.34. The number of nitrogens with zero attached hydrogens (tertiary/aromatic N) is 4. The maximum Gasteiger partial charge on any atom is 0.275 e. The van der Waals surface area contributed by atoms with E-state index in [1.807, 2.05) is 18.5 Å². The summed E-state index contributed by atoms with van der Waals surface area (Å²) in [6.07, 6.45) is 1.63. The molecule has 8 nitrogen and oxygen atoms in total. The summed E-state index contributed by atoms with van der Waals surface area (Å²) in [4.78, 5) is 0. The predicted octanol–water partition coefficient (Wildman–Crippen LogP) is 0.509. The molecule has 0 aliphatic rings. The van der Waals surface area contributed by atoms with Crippen LogP contribution in [0.2, 0.25) is 0 Å². The second kappa shape index (κ2) is 5.96. The van der Waals surface area contributed by atoms with Crippen molar-refractivity contribution in [3.63, 3.8) is 0 Å². The fourth-order valence-corrected chi connectivity index (χ4v) is 2.61. The maximum atomic E-state index is 11.9. The molecule has 1 unspecified atom stereocenters. The number of hydrogen-bond donors (Lipinski definition) is 1. The first kappa shape index (κ1) is 15.7. The van der Waals surface area contributed by atoms with Crippen LogP contribution in [0.15, 0.2) is 28.0 Å². The molecule has 1 N–H and O–H groups in total. The number of aryl methyl sites for hydroxylation is 1. The Balaban J connectivity index is 2.02. The van der Waals surface area contributed by atoms with Crippen molar-refractivity contribution < 1.29 is 12.8 Å². The van der Waals surface area contributed by atoms with Crippen molar-refractivity contribution in [2.75, 3.05) is 14.1 Å². The molecule has 1 atom stereocenters. The molecule has 116 valence electrons. The van der Waals surface area contributed by atoms with Gasteiger partial charge in [-0.1, -0.05) is 0 Å². The van der Waals surface area contributed by atoms with Crippen LogP contribution in [-0.2, 0) is 23.6 Å². The van der Waals surface area contributed by atoms with Gasteiger partial charge in [0.1, 0.15) is 17.9 Å². The molecule has 0 fully saturated rings. The molecule has 0 saturated carbocycles. The van der Waals surface area contributed by atoms with Gasteiger partial charge in [-0.3, -0.25) is 0 Å². The quantitative estimate of drug-likeness (QED) is 0.835. The van der Waals surface area contributed by atoms with E-state index < -0.39 is 10.0 Å². The molecule has 2 aromatic rings. The minimum Gasteiger partial charge on any atom is -0.447 e. The third-order valence-corrected chi connectivity index (χ3v) is 4.78. The standard InChI is InChI=1S/C12H19N5O3S/c1-9(12-15-14-8-17(12)4)13-7-10-5-6-11(20-10)21(18,19)16(2)3/h5-6,8-9,13H,7H2,1-4H3. The molecule has 0 aliphatic carbocycles. The van der Waals surface area contributed by atoms with E-state index in [1.54, 1.807) is 12.4 Å². The van der Waals surface area contributed by atoms with Gasteiger partial charge in [-0.25, -0.2) is 12.7 Å². The summed E-state index contributed by atoms with van der Waals surface area (Å²) in [5.41, 5.74) is 0. The van der Waals surface area contributed by atoms with E-state index in [9.17, 15) is 8.42 Å². The Hall–Kier alpha value is -1.71. The second-order valence-electron chi connectivity index (χ2n) is 4.91. The lowest BCUT2D eigenvalue weighted by Crippen LogP contribution is -2.22. The maximum absolute atomic E-state index is 11.9. The van der Waals surface area contributed by atoms with Crippen molar-refractivity contribution in [2.24, 2.45) is 7.05 Å². The zero-order chi connectivity index (χ0) is 15.6. The first-order valence-corrected chi connectivity index (χ1v) is 7.85. The van der Waals surface area contributed by atoms with Crippen molar-refractivity contribution in [3.8, 4) is 0 Å². The van der Waals surface area contributed by atoms with E-state index in [4.69, 9.17) is 4.42 Å². The zero-order valence-electron chi connectivity index (χ0n) is 12.4. The summed E-state index contributed by atoms with van der Waals surface area (Å²) in [6.45, 7) is 2.35. The van der Waals surface area contributed by atoms with Crippen molar-refractivity contribution in [1.29, 1.82) is 0 Å². The highest BCUT2D eigenvalue weighted by Gasteiger charge is 2.21. The Morgan fingerprint density at radius 3 is 2.71 bits per heavy atom. The zero-order valence-corrected chi connectivity index (χ0v) is 13.3. The van der Waals surface area contributed by atoms with Gasteiger partial charge in [-0.2, -0.15) is 0 Å². The smallest absolute Gasteiger partial charge is 0.275 e. The van der Waals surface area contributed by atoms with Gasteiger partial charge < -0.3 is 14.3 Å². The van der Waals surface area contributed by atoms with Crippen LogP contribution in [0.1, 0.15) is 24.6 Å². The first-order valence-electron chi connectivity index (χ1n) is 6.41. The topological polar surface area (TPSA) is 93.3 Å². The highest BCUT2D eigenvalue weighted by Crippen LogP contribution is 2.17. The van der Waals surface area contributed by atoms with Crippen molar-refractivity contribution in [3.05, 3.63) is 30.0 Å². The SMILES string of the molecule is CC(NCc1ccc(S(=O)(=O)N(C)C)o1)c1nncn1C. The molecule has 0 aliphatic heterocycles. The minimum absolute atomic E-state index is 0.0310. The lowest BCUT2D eigenvalue weighted by Gasteiger charge is -2.11. The first-order chi connectivity index (χ1) is 9.82. The van der Waals surface area contributed by atoms with Crippen molar-refractivity contribution >= 4 is 10.0 Å². The number of aromatic nitrogens is 3. The lowest BCUT2D eigenvalue weighted by atomic mass is 10.3. The number of nitrogens with one attached hydrogen (secondary N) is 1. The highest BCUT2D eigenvalue weighted by molar-refractivity contribution is 7.88. The molecular formula is C12H19N5O3S. The fraction of sp³-hybridized carbons (Fsp3) is 0.500. The van der Waals surface area contributed by atoms with Crippen LogP contribution in [0, 0.1) is 0 Å². The average molecular weight is 313 g/mol. The molecule has 21 heavy (non-hydrogen) atoms. The minimum atomic E-state index is -3.53. The number of sulfonamides is 1. The van der Waals surface area contributed by atoms with Gasteiger partial charge in [0, 0.05) is 21.1 Å².